The Labute approximate surface area is 174 Å². The number of ether oxygens (including phenoxy) is 1. The molecule has 7 heteroatoms. The van der Waals surface area contributed by atoms with Gasteiger partial charge in [0.15, 0.2) is 0 Å². The molecule has 158 valence electrons. The maximum atomic E-state index is 12.5. The molecule has 4 N–H and O–H groups in total. The van der Waals surface area contributed by atoms with Gasteiger partial charge in [0.1, 0.15) is 11.3 Å². The van der Waals surface area contributed by atoms with Gasteiger partial charge in [-0.1, -0.05) is 6.07 Å². The molecule has 30 heavy (non-hydrogen) atoms. The topological polar surface area (TPSA) is 109 Å². The van der Waals surface area contributed by atoms with Crippen LogP contribution in [0.1, 0.15) is 39.2 Å². The van der Waals surface area contributed by atoms with Crippen LogP contribution in [-0.4, -0.2) is 53.2 Å². The summed E-state index contributed by atoms with van der Waals surface area (Å²) in [6.45, 7) is 3.00. The van der Waals surface area contributed by atoms with E-state index in [0.717, 1.165) is 41.1 Å². The summed E-state index contributed by atoms with van der Waals surface area (Å²) in [4.78, 5) is 29.3. The third-order valence-electron chi connectivity index (χ3n) is 7.75. The van der Waals surface area contributed by atoms with Crippen molar-refractivity contribution >= 4 is 5.91 Å². The summed E-state index contributed by atoms with van der Waals surface area (Å²) in [6.07, 6.45) is 1.70. The molecule has 1 aliphatic heterocycles. The number of aryl methyl sites for hydroxylation is 1. The number of amides is 1. The van der Waals surface area contributed by atoms with Gasteiger partial charge in [0, 0.05) is 36.5 Å². The van der Waals surface area contributed by atoms with Crippen LogP contribution in [0.2, 0.25) is 0 Å². The molecule has 3 aliphatic rings. The second-order valence-corrected chi connectivity index (χ2v) is 9.27. The molecule has 1 amide bonds. The number of H-pyrrole nitrogens is 1. The van der Waals surface area contributed by atoms with E-state index in [1.165, 1.54) is 0 Å². The number of likely N-dealkylation sites (tertiary alicyclic amines) is 1. The van der Waals surface area contributed by atoms with Crippen LogP contribution in [0.4, 0.5) is 0 Å². The predicted molar refractivity (Wildman–Crippen MR) is 112 cm³/mol. The first-order chi connectivity index (χ1) is 14.2. The number of hydrogen-bond donors (Lipinski definition) is 3. The predicted octanol–water partition coefficient (Wildman–Crippen LogP) is 0.892. The van der Waals surface area contributed by atoms with Gasteiger partial charge in [-0.3, -0.25) is 14.5 Å². The number of rotatable bonds is 3. The second kappa shape index (κ2) is 6.18. The van der Waals surface area contributed by atoms with Gasteiger partial charge in [-0.05, 0) is 61.2 Å². The van der Waals surface area contributed by atoms with E-state index in [9.17, 15) is 14.7 Å². The van der Waals surface area contributed by atoms with Crippen LogP contribution >= 0.6 is 0 Å². The van der Waals surface area contributed by atoms with Crippen molar-refractivity contribution in [2.45, 2.75) is 43.2 Å². The minimum absolute atomic E-state index is 0.0280. The van der Waals surface area contributed by atoms with Crippen LogP contribution in [0.15, 0.2) is 29.1 Å². The van der Waals surface area contributed by atoms with Crippen molar-refractivity contribution in [3.05, 3.63) is 62.6 Å². The molecule has 4 atom stereocenters. The second-order valence-electron chi connectivity index (χ2n) is 9.27. The molecule has 5 rings (SSSR count). The number of fused-ring (bicyclic) bond motifs is 4. The van der Waals surface area contributed by atoms with Gasteiger partial charge in [-0.15, -0.1) is 0 Å². The Hall–Kier alpha value is -2.64. The number of aliphatic hydroxyl groups is 1. The molecule has 1 saturated heterocycles. The number of primary amides is 1. The third kappa shape index (κ3) is 2.33. The summed E-state index contributed by atoms with van der Waals surface area (Å²) >= 11 is 0. The van der Waals surface area contributed by atoms with Crippen molar-refractivity contribution in [3.63, 3.8) is 0 Å². The van der Waals surface area contributed by atoms with E-state index in [4.69, 9.17) is 10.5 Å². The molecular weight excluding hydrogens is 382 g/mol. The quantitative estimate of drug-likeness (QED) is 0.698. The zero-order valence-electron chi connectivity index (χ0n) is 17.5. The molecule has 1 saturated carbocycles. The smallest absolute Gasteiger partial charge is 0.261 e. The Kier molecular flexibility index (Phi) is 3.98. The number of carbonyl (C=O) groups is 1. The van der Waals surface area contributed by atoms with E-state index in [-0.39, 0.29) is 11.6 Å². The normalized spacial score (nSPS) is 32.0. The number of hydrogen-bond acceptors (Lipinski definition) is 5. The number of nitrogens with zero attached hydrogens (tertiary/aromatic N) is 1. The number of carbonyl (C=O) groups excluding carboxylic acids is 1. The molecule has 2 fully saturated rings. The summed E-state index contributed by atoms with van der Waals surface area (Å²) in [5.74, 6) is 0.377. The molecule has 0 bridgehead atoms. The van der Waals surface area contributed by atoms with E-state index < -0.39 is 22.5 Å². The lowest BCUT2D eigenvalue weighted by atomic mass is 9.59. The van der Waals surface area contributed by atoms with Gasteiger partial charge in [0.05, 0.1) is 12.7 Å². The lowest BCUT2D eigenvalue weighted by Crippen LogP contribution is -2.67. The zero-order chi connectivity index (χ0) is 21.4. The maximum Gasteiger partial charge on any atom is 0.261 e. The fraction of sp³-hybridized carbons (Fsp3) is 0.478. The molecule has 1 aromatic heterocycles. The van der Waals surface area contributed by atoms with Crippen molar-refractivity contribution in [2.24, 2.45) is 11.7 Å². The van der Waals surface area contributed by atoms with E-state index in [0.29, 0.717) is 18.8 Å². The summed E-state index contributed by atoms with van der Waals surface area (Å²) in [5.41, 5.74) is 7.03. The number of methoxy groups -OCH3 is 1. The lowest BCUT2D eigenvalue weighted by Gasteiger charge is -2.53. The number of aromatic amines is 1. The van der Waals surface area contributed by atoms with E-state index in [2.05, 4.69) is 16.8 Å². The highest BCUT2D eigenvalue weighted by atomic mass is 16.5. The SMILES string of the molecule is COc1ccc(C)c([C@@]23Cc4[nH]c(=O)c(C(N)=O)cc4C[C@@]2(O)[C@H]2C(CN2C)C3)c1. The summed E-state index contributed by atoms with van der Waals surface area (Å²) in [5, 5.41) is 12.3. The molecule has 1 unspecified atom stereocenters. The van der Waals surface area contributed by atoms with Crippen molar-refractivity contribution in [1.82, 2.24) is 9.88 Å². The molecule has 0 radical (unpaired) electrons. The Bertz CT molecular complexity index is 1130. The lowest BCUT2D eigenvalue weighted by molar-refractivity contribution is -0.108. The molecule has 0 spiro atoms. The van der Waals surface area contributed by atoms with Gasteiger partial charge in [0.2, 0.25) is 0 Å². The minimum atomic E-state index is -1.03. The first-order valence-electron chi connectivity index (χ1n) is 10.3. The highest BCUT2D eigenvalue weighted by Crippen LogP contribution is 2.61. The molecule has 2 aliphatic carbocycles. The van der Waals surface area contributed by atoms with Crippen LogP contribution in [0.5, 0.6) is 5.75 Å². The Morgan fingerprint density at radius 2 is 2.10 bits per heavy atom. The average Bonchev–Trinajstić information content (AvgIpc) is 2.88. The van der Waals surface area contributed by atoms with Gasteiger partial charge in [-0.25, -0.2) is 0 Å². The summed E-state index contributed by atoms with van der Waals surface area (Å²) < 4.78 is 5.50. The number of likely N-dealkylation sites (N-methyl/N-ethyl adjacent to an activating group) is 1. The number of pyridine rings is 1. The number of benzene rings is 1. The highest BCUT2D eigenvalue weighted by molar-refractivity contribution is 5.92. The van der Waals surface area contributed by atoms with Crippen LogP contribution in [-0.2, 0) is 18.3 Å². The molecule has 2 aromatic rings. The first-order valence-corrected chi connectivity index (χ1v) is 10.3. The van der Waals surface area contributed by atoms with Crippen LogP contribution in [0.25, 0.3) is 0 Å². The molecule has 1 aromatic carbocycles. The fourth-order valence-electron chi connectivity index (χ4n) is 6.53. The standard InChI is InChI=1S/C23H27N3O4/c1-12-4-5-15(30-3)7-17(12)22-8-14-11-26(2)19(14)23(22,29)9-13-6-16(20(24)27)21(28)25-18(13)10-22/h4-7,14,19,29H,8-11H2,1-3H3,(H2,24,27)(H,25,28)/t14?,19-,22-,23-/m1/s1. The molecular formula is C23H27N3O4. The zero-order valence-corrected chi connectivity index (χ0v) is 17.5. The van der Waals surface area contributed by atoms with Crippen LogP contribution in [0.3, 0.4) is 0 Å². The van der Waals surface area contributed by atoms with Crippen LogP contribution < -0.4 is 16.0 Å². The highest BCUT2D eigenvalue weighted by Gasteiger charge is 2.69. The Morgan fingerprint density at radius 1 is 1.33 bits per heavy atom. The molecule has 2 heterocycles. The van der Waals surface area contributed by atoms with Crippen molar-refractivity contribution in [2.75, 3.05) is 20.7 Å². The van der Waals surface area contributed by atoms with Crippen molar-refractivity contribution < 1.29 is 14.6 Å². The maximum absolute atomic E-state index is 12.5. The molecule has 7 nitrogen and oxygen atoms in total. The van der Waals surface area contributed by atoms with Crippen molar-refractivity contribution in [1.29, 1.82) is 0 Å². The number of aromatic nitrogens is 1. The van der Waals surface area contributed by atoms with Gasteiger partial charge in [-0.2, -0.15) is 0 Å². The number of nitrogens with two attached hydrogens (primary N) is 1. The summed E-state index contributed by atoms with van der Waals surface area (Å²) in [6, 6.07) is 7.60. The summed E-state index contributed by atoms with van der Waals surface area (Å²) in [7, 11) is 3.69. The Morgan fingerprint density at radius 3 is 2.77 bits per heavy atom. The number of nitrogens with one attached hydrogen (secondary N) is 1. The van der Waals surface area contributed by atoms with E-state index in [1.54, 1.807) is 13.2 Å². The van der Waals surface area contributed by atoms with Gasteiger partial charge >= 0.3 is 0 Å². The first kappa shape index (κ1) is 19.3. The van der Waals surface area contributed by atoms with E-state index in [1.807, 2.05) is 25.2 Å². The van der Waals surface area contributed by atoms with Crippen LogP contribution in [0, 0.1) is 12.8 Å². The van der Waals surface area contributed by atoms with Gasteiger partial charge < -0.3 is 20.6 Å². The van der Waals surface area contributed by atoms with Crippen molar-refractivity contribution in [3.8, 4) is 5.75 Å². The fourth-order valence-corrected chi connectivity index (χ4v) is 6.53. The third-order valence-corrected chi connectivity index (χ3v) is 7.75. The van der Waals surface area contributed by atoms with Gasteiger partial charge in [0.25, 0.3) is 11.5 Å². The minimum Gasteiger partial charge on any atom is -0.497 e. The average molecular weight is 409 g/mol. The monoisotopic (exact) mass is 409 g/mol. The van der Waals surface area contributed by atoms with E-state index >= 15 is 0 Å². The Balaban J connectivity index is 1.74. The largest absolute Gasteiger partial charge is 0.497 e.